The third kappa shape index (κ3) is 2.90. The van der Waals surface area contributed by atoms with Crippen molar-refractivity contribution in [3.8, 4) is 0 Å². The zero-order valence-electron chi connectivity index (χ0n) is 9.69. The molecule has 1 atom stereocenters. The molecule has 0 saturated carbocycles. The van der Waals surface area contributed by atoms with E-state index < -0.39 is 0 Å². The molecule has 1 aromatic heterocycles. The Bertz CT molecular complexity index is 456. The van der Waals surface area contributed by atoms with Crippen LogP contribution in [0.4, 0.5) is 4.39 Å². The van der Waals surface area contributed by atoms with Crippen molar-refractivity contribution in [2.75, 3.05) is 6.54 Å². The molecule has 0 amide bonds. The van der Waals surface area contributed by atoms with Gasteiger partial charge in [0.25, 0.3) is 0 Å². The summed E-state index contributed by atoms with van der Waals surface area (Å²) in [5, 5.41) is 5.29. The first kappa shape index (κ1) is 12.2. The molecule has 2 rings (SSSR count). The lowest BCUT2D eigenvalue weighted by Crippen LogP contribution is -2.24. The van der Waals surface area contributed by atoms with Gasteiger partial charge in [0.15, 0.2) is 0 Å². The van der Waals surface area contributed by atoms with Gasteiger partial charge in [-0.25, -0.2) is 9.37 Å². The third-order valence-corrected chi connectivity index (χ3v) is 3.17. The second-order valence-electron chi connectivity index (χ2n) is 3.82. The van der Waals surface area contributed by atoms with Crippen LogP contribution >= 0.6 is 11.3 Å². The molecule has 17 heavy (non-hydrogen) atoms. The highest BCUT2D eigenvalue weighted by Crippen LogP contribution is 2.24. The molecule has 1 unspecified atom stereocenters. The zero-order valence-corrected chi connectivity index (χ0v) is 10.5. The van der Waals surface area contributed by atoms with Crippen LogP contribution in [0.15, 0.2) is 35.2 Å². The lowest BCUT2D eigenvalue weighted by Gasteiger charge is -2.17. The minimum Gasteiger partial charge on any atom is -0.305 e. The SMILES string of the molecule is CCCNC(c1cscn1)c1ccccc1F. The van der Waals surface area contributed by atoms with E-state index in [0.717, 1.165) is 18.7 Å². The van der Waals surface area contributed by atoms with E-state index in [1.54, 1.807) is 11.6 Å². The van der Waals surface area contributed by atoms with Gasteiger partial charge in [-0.3, -0.25) is 0 Å². The van der Waals surface area contributed by atoms with Crippen molar-refractivity contribution < 1.29 is 4.39 Å². The average molecular weight is 250 g/mol. The Morgan fingerprint density at radius 1 is 1.41 bits per heavy atom. The van der Waals surface area contributed by atoms with Gasteiger partial charge >= 0.3 is 0 Å². The van der Waals surface area contributed by atoms with Crippen LogP contribution in [0.2, 0.25) is 0 Å². The van der Waals surface area contributed by atoms with E-state index in [-0.39, 0.29) is 11.9 Å². The highest BCUT2D eigenvalue weighted by atomic mass is 32.1. The van der Waals surface area contributed by atoms with Gasteiger partial charge in [-0.05, 0) is 19.0 Å². The predicted octanol–water partition coefficient (Wildman–Crippen LogP) is 3.37. The number of aromatic nitrogens is 1. The summed E-state index contributed by atoms with van der Waals surface area (Å²) in [4.78, 5) is 4.28. The first-order valence-electron chi connectivity index (χ1n) is 5.68. The van der Waals surface area contributed by atoms with E-state index in [1.807, 2.05) is 17.5 Å². The van der Waals surface area contributed by atoms with Crippen LogP contribution in [0.25, 0.3) is 0 Å². The second kappa shape index (κ2) is 5.89. The van der Waals surface area contributed by atoms with E-state index in [2.05, 4.69) is 17.2 Å². The van der Waals surface area contributed by atoms with Crippen molar-refractivity contribution in [2.45, 2.75) is 19.4 Å². The Hall–Kier alpha value is -1.26. The minimum absolute atomic E-state index is 0.151. The molecule has 0 aliphatic carbocycles. The normalized spacial score (nSPS) is 12.6. The van der Waals surface area contributed by atoms with Crippen molar-refractivity contribution in [3.05, 3.63) is 52.2 Å². The van der Waals surface area contributed by atoms with Gasteiger partial charge in [0.2, 0.25) is 0 Å². The van der Waals surface area contributed by atoms with Crippen LogP contribution in [0.3, 0.4) is 0 Å². The molecule has 0 aliphatic heterocycles. The zero-order chi connectivity index (χ0) is 12.1. The monoisotopic (exact) mass is 250 g/mol. The summed E-state index contributed by atoms with van der Waals surface area (Å²) in [5.74, 6) is -0.186. The molecule has 0 spiro atoms. The largest absolute Gasteiger partial charge is 0.305 e. The topological polar surface area (TPSA) is 24.9 Å². The number of benzene rings is 1. The molecule has 2 aromatic rings. The molecule has 0 fully saturated rings. The molecule has 0 radical (unpaired) electrons. The molecule has 4 heteroatoms. The van der Waals surface area contributed by atoms with Crippen molar-refractivity contribution in [1.29, 1.82) is 0 Å². The van der Waals surface area contributed by atoms with Crippen LogP contribution in [-0.2, 0) is 0 Å². The molecule has 1 N–H and O–H groups in total. The highest BCUT2D eigenvalue weighted by Gasteiger charge is 2.18. The number of thiazole rings is 1. The average Bonchev–Trinajstić information content (AvgIpc) is 2.85. The number of hydrogen-bond acceptors (Lipinski definition) is 3. The number of nitrogens with zero attached hydrogens (tertiary/aromatic N) is 1. The summed E-state index contributed by atoms with van der Waals surface area (Å²) in [6, 6.07) is 6.70. The Morgan fingerprint density at radius 3 is 2.88 bits per heavy atom. The third-order valence-electron chi connectivity index (χ3n) is 2.56. The van der Waals surface area contributed by atoms with Crippen molar-refractivity contribution >= 4 is 11.3 Å². The van der Waals surface area contributed by atoms with Gasteiger partial charge in [0.1, 0.15) is 5.82 Å². The molecule has 2 nitrogen and oxygen atoms in total. The van der Waals surface area contributed by atoms with Gasteiger partial charge in [0, 0.05) is 10.9 Å². The molecular weight excluding hydrogens is 235 g/mol. The van der Waals surface area contributed by atoms with Gasteiger partial charge in [0.05, 0.1) is 17.2 Å². The van der Waals surface area contributed by atoms with Crippen molar-refractivity contribution in [3.63, 3.8) is 0 Å². The Labute approximate surface area is 105 Å². The summed E-state index contributed by atoms with van der Waals surface area (Å²) in [7, 11) is 0. The first-order valence-corrected chi connectivity index (χ1v) is 6.63. The molecule has 1 heterocycles. The highest BCUT2D eigenvalue weighted by molar-refractivity contribution is 7.07. The second-order valence-corrected chi connectivity index (χ2v) is 4.54. The van der Waals surface area contributed by atoms with Crippen LogP contribution in [0.1, 0.15) is 30.6 Å². The fourth-order valence-corrected chi connectivity index (χ4v) is 2.32. The van der Waals surface area contributed by atoms with E-state index in [1.165, 1.54) is 17.4 Å². The van der Waals surface area contributed by atoms with Crippen LogP contribution in [0, 0.1) is 5.82 Å². The predicted molar refractivity (Wildman–Crippen MR) is 68.7 cm³/mol. The maximum Gasteiger partial charge on any atom is 0.128 e. The van der Waals surface area contributed by atoms with Crippen LogP contribution < -0.4 is 5.32 Å². The fraction of sp³-hybridized carbons (Fsp3) is 0.308. The fourth-order valence-electron chi connectivity index (χ4n) is 1.74. The number of rotatable bonds is 5. The summed E-state index contributed by atoms with van der Waals surface area (Å²) in [5.41, 5.74) is 3.32. The quantitative estimate of drug-likeness (QED) is 0.880. The van der Waals surface area contributed by atoms with Gasteiger partial charge < -0.3 is 5.32 Å². The summed E-state index contributed by atoms with van der Waals surface area (Å²) in [6.07, 6.45) is 1.01. The van der Waals surface area contributed by atoms with Crippen molar-refractivity contribution in [2.24, 2.45) is 0 Å². The smallest absolute Gasteiger partial charge is 0.128 e. The van der Waals surface area contributed by atoms with Crippen LogP contribution in [0.5, 0.6) is 0 Å². The van der Waals surface area contributed by atoms with Gasteiger partial charge in [-0.2, -0.15) is 0 Å². The number of halogens is 1. The maximum absolute atomic E-state index is 13.8. The standard InChI is InChI=1S/C13H15FN2S/c1-2-7-15-13(12-8-17-9-16-12)10-5-3-4-6-11(10)14/h3-6,8-9,13,15H,2,7H2,1H3. The van der Waals surface area contributed by atoms with Gasteiger partial charge in [-0.15, -0.1) is 11.3 Å². The molecule has 0 saturated heterocycles. The molecule has 1 aromatic carbocycles. The molecular formula is C13H15FN2S. The molecule has 90 valence electrons. The molecule has 0 aliphatic rings. The van der Waals surface area contributed by atoms with Crippen molar-refractivity contribution in [1.82, 2.24) is 10.3 Å². The lowest BCUT2D eigenvalue weighted by molar-refractivity contribution is 0.541. The van der Waals surface area contributed by atoms with E-state index in [9.17, 15) is 4.39 Å². The van der Waals surface area contributed by atoms with Crippen LogP contribution in [-0.4, -0.2) is 11.5 Å². The Morgan fingerprint density at radius 2 is 2.24 bits per heavy atom. The lowest BCUT2D eigenvalue weighted by atomic mass is 10.0. The summed E-state index contributed by atoms with van der Waals surface area (Å²) >= 11 is 1.53. The van der Waals surface area contributed by atoms with E-state index in [0.29, 0.717) is 5.56 Å². The Balaban J connectivity index is 2.30. The first-order chi connectivity index (χ1) is 8.33. The maximum atomic E-state index is 13.8. The minimum atomic E-state index is -0.186. The number of nitrogens with one attached hydrogen (secondary N) is 1. The van der Waals surface area contributed by atoms with E-state index >= 15 is 0 Å². The summed E-state index contributed by atoms with van der Waals surface area (Å²) < 4.78 is 13.8. The molecule has 0 bridgehead atoms. The summed E-state index contributed by atoms with van der Waals surface area (Å²) in [6.45, 7) is 2.93. The van der Waals surface area contributed by atoms with Gasteiger partial charge in [-0.1, -0.05) is 25.1 Å². The Kier molecular flexibility index (Phi) is 4.23. The van der Waals surface area contributed by atoms with E-state index in [4.69, 9.17) is 0 Å². The number of hydrogen-bond donors (Lipinski definition) is 1.